The third-order valence-corrected chi connectivity index (χ3v) is 7.40. The first-order valence-electron chi connectivity index (χ1n) is 11.0. The Balaban J connectivity index is 1.23. The largest absolute Gasteiger partial charge is 0.375 e. The molecule has 0 unspecified atom stereocenters. The van der Waals surface area contributed by atoms with Crippen LogP contribution in [0.2, 0.25) is 0 Å². The van der Waals surface area contributed by atoms with Gasteiger partial charge in [-0.2, -0.15) is 5.26 Å². The standard InChI is InChI=1S/C23H25N5O3/c24-6-14-4-20(25-7-14)23(30)27-8-15-3-17(11-27)21-2-1-16(22(29)28(21)9-15)10-26-12-19-5-18(26)13-31-19/h1-2,4,7,15,17-19,25H,3,5,8-13H2/t15-,17+,18+,19+/m0/s1. The summed E-state index contributed by atoms with van der Waals surface area (Å²) in [7, 11) is 0. The van der Waals surface area contributed by atoms with E-state index in [1.807, 2.05) is 15.5 Å². The van der Waals surface area contributed by atoms with Crippen molar-refractivity contribution in [1.29, 1.82) is 5.26 Å². The number of rotatable bonds is 3. The normalized spacial score (nSPS) is 29.1. The second-order valence-electron chi connectivity index (χ2n) is 9.40. The van der Waals surface area contributed by atoms with Crippen LogP contribution < -0.4 is 5.56 Å². The zero-order valence-electron chi connectivity index (χ0n) is 17.3. The highest BCUT2D eigenvalue weighted by atomic mass is 16.5. The highest BCUT2D eigenvalue weighted by Gasteiger charge is 2.40. The fourth-order valence-corrected chi connectivity index (χ4v) is 5.92. The van der Waals surface area contributed by atoms with Crippen LogP contribution in [0.1, 0.15) is 46.1 Å². The van der Waals surface area contributed by atoms with Gasteiger partial charge in [-0.25, -0.2) is 0 Å². The van der Waals surface area contributed by atoms with Crippen LogP contribution in [-0.2, 0) is 17.8 Å². The number of nitriles is 1. The van der Waals surface area contributed by atoms with E-state index < -0.39 is 0 Å². The Hall–Kier alpha value is -2.89. The minimum Gasteiger partial charge on any atom is -0.375 e. The lowest BCUT2D eigenvalue weighted by molar-refractivity contribution is 0.0270. The second-order valence-corrected chi connectivity index (χ2v) is 9.40. The highest BCUT2D eigenvalue weighted by molar-refractivity contribution is 5.93. The third-order valence-electron chi connectivity index (χ3n) is 7.40. The average molecular weight is 419 g/mol. The molecule has 6 rings (SSSR count). The molecule has 0 saturated carbocycles. The molecular formula is C23H25N5O3. The van der Waals surface area contributed by atoms with E-state index in [0.29, 0.717) is 49.6 Å². The number of aromatic nitrogens is 2. The van der Waals surface area contributed by atoms with E-state index in [1.54, 1.807) is 12.3 Å². The molecule has 8 nitrogen and oxygen atoms in total. The molecule has 4 bridgehead atoms. The maximum atomic E-state index is 13.3. The Morgan fingerprint density at radius 1 is 1.23 bits per heavy atom. The molecule has 0 aromatic carbocycles. The monoisotopic (exact) mass is 419 g/mol. The second kappa shape index (κ2) is 7.08. The topological polar surface area (TPSA) is 94.4 Å². The van der Waals surface area contributed by atoms with E-state index >= 15 is 0 Å². The fourth-order valence-electron chi connectivity index (χ4n) is 5.92. The van der Waals surface area contributed by atoms with Crippen molar-refractivity contribution in [3.05, 3.63) is 57.3 Å². The number of fused-ring (bicyclic) bond motifs is 6. The maximum absolute atomic E-state index is 13.3. The Kier molecular flexibility index (Phi) is 4.30. The number of morpholine rings is 1. The highest BCUT2D eigenvalue weighted by Crippen LogP contribution is 2.36. The van der Waals surface area contributed by atoms with E-state index in [1.165, 1.54) is 0 Å². The zero-order chi connectivity index (χ0) is 21.1. The third kappa shape index (κ3) is 3.11. The van der Waals surface area contributed by atoms with Crippen LogP contribution in [0.15, 0.2) is 29.2 Å². The van der Waals surface area contributed by atoms with Gasteiger partial charge >= 0.3 is 0 Å². The van der Waals surface area contributed by atoms with Crippen LogP contribution in [0, 0.1) is 17.2 Å². The SMILES string of the molecule is N#Cc1c[nH]c(C(=O)N2C[C@@H]3C[C@H](C2)c2ccc(CN4C[C@H]5C[C@@H]4CO5)c(=O)n2C3)c1. The van der Waals surface area contributed by atoms with Crippen molar-refractivity contribution in [3.8, 4) is 6.07 Å². The predicted molar refractivity (Wildman–Crippen MR) is 112 cm³/mol. The van der Waals surface area contributed by atoms with Gasteiger partial charge in [-0.15, -0.1) is 0 Å². The summed E-state index contributed by atoms with van der Waals surface area (Å²) in [5, 5.41) is 9.02. The molecule has 4 aliphatic rings. The van der Waals surface area contributed by atoms with E-state index in [2.05, 4.69) is 22.0 Å². The lowest BCUT2D eigenvalue weighted by atomic mass is 9.83. The van der Waals surface area contributed by atoms with Gasteiger partial charge in [0.15, 0.2) is 0 Å². The van der Waals surface area contributed by atoms with Crippen molar-refractivity contribution in [3.63, 3.8) is 0 Å². The van der Waals surface area contributed by atoms with Crippen LogP contribution in [0.4, 0.5) is 0 Å². The molecule has 31 heavy (non-hydrogen) atoms. The van der Waals surface area contributed by atoms with E-state index in [-0.39, 0.29) is 23.3 Å². The molecule has 4 atom stereocenters. The average Bonchev–Trinajstić information content (AvgIpc) is 3.52. The number of hydrogen-bond donors (Lipinski definition) is 1. The Bertz CT molecular complexity index is 1140. The van der Waals surface area contributed by atoms with Gasteiger partial charge < -0.3 is 19.2 Å². The maximum Gasteiger partial charge on any atom is 0.270 e. The number of likely N-dealkylation sites (tertiary alicyclic amines) is 2. The number of piperidine rings is 1. The number of pyridine rings is 1. The molecule has 0 radical (unpaired) electrons. The summed E-state index contributed by atoms with van der Waals surface area (Å²) in [6.07, 6.45) is 3.98. The first-order chi connectivity index (χ1) is 15.1. The summed E-state index contributed by atoms with van der Waals surface area (Å²) in [5.41, 5.74) is 2.94. The van der Waals surface area contributed by atoms with Crippen molar-refractivity contribution in [2.24, 2.45) is 5.92 Å². The van der Waals surface area contributed by atoms with Crippen molar-refractivity contribution >= 4 is 5.91 Å². The first-order valence-corrected chi connectivity index (χ1v) is 11.0. The molecular weight excluding hydrogens is 394 g/mol. The summed E-state index contributed by atoms with van der Waals surface area (Å²) in [5.74, 6) is 0.361. The molecule has 2 aromatic heterocycles. The molecule has 8 heteroatoms. The number of carbonyl (C=O) groups excluding carboxylic acids is 1. The van der Waals surface area contributed by atoms with Crippen molar-refractivity contribution < 1.29 is 9.53 Å². The number of nitrogens with one attached hydrogen (secondary N) is 1. The fraction of sp³-hybridized carbons (Fsp3) is 0.522. The lowest BCUT2D eigenvalue weighted by Crippen LogP contribution is -2.49. The van der Waals surface area contributed by atoms with Crippen LogP contribution in [0.25, 0.3) is 0 Å². The molecule has 1 amide bonds. The summed E-state index contributed by atoms with van der Waals surface area (Å²) in [4.78, 5) is 33.4. The number of ether oxygens (including phenoxy) is 1. The molecule has 6 heterocycles. The quantitative estimate of drug-likeness (QED) is 0.809. The van der Waals surface area contributed by atoms with Gasteiger partial charge in [-0.05, 0) is 30.9 Å². The molecule has 3 fully saturated rings. The Morgan fingerprint density at radius 2 is 2.13 bits per heavy atom. The Labute approximate surface area is 180 Å². The molecule has 3 saturated heterocycles. The van der Waals surface area contributed by atoms with Gasteiger partial charge in [-0.1, -0.05) is 6.07 Å². The van der Waals surface area contributed by atoms with Gasteiger partial charge in [0.25, 0.3) is 11.5 Å². The zero-order valence-corrected chi connectivity index (χ0v) is 17.3. The van der Waals surface area contributed by atoms with Crippen LogP contribution >= 0.6 is 0 Å². The van der Waals surface area contributed by atoms with Crippen molar-refractivity contribution in [1.82, 2.24) is 19.4 Å². The summed E-state index contributed by atoms with van der Waals surface area (Å²) in [6, 6.07) is 8.19. The first kappa shape index (κ1) is 18.8. The molecule has 1 N–H and O–H groups in total. The van der Waals surface area contributed by atoms with Gasteiger partial charge in [0, 0.05) is 62.1 Å². The minimum atomic E-state index is -0.0741. The van der Waals surface area contributed by atoms with Gasteiger partial charge in [0.05, 0.1) is 18.3 Å². The smallest absolute Gasteiger partial charge is 0.270 e. The molecule has 160 valence electrons. The van der Waals surface area contributed by atoms with E-state index in [9.17, 15) is 9.59 Å². The van der Waals surface area contributed by atoms with Crippen molar-refractivity contribution in [2.75, 3.05) is 26.2 Å². The van der Waals surface area contributed by atoms with Crippen LogP contribution in [0.3, 0.4) is 0 Å². The predicted octanol–water partition coefficient (Wildman–Crippen LogP) is 1.28. The lowest BCUT2D eigenvalue weighted by Gasteiger charge is -2.42. The Morgan fingerprint density at radius 3 is 2.87 bits per heavy atom. The van der Waals surface area contributed by atoms with E-state index in [4.69, 9.17) is 10.00 Å². The van der Waals surface area contributed by atoms with Crippen LogP contribution in [0.5, 0.6) is 0 Å². The van der Waals surface area contributed by atoms with Crippen LogP contribution in [-0.4, -0.2) is 63.6 Å². The molecule has 0 aliphatic carbocycles. The minimum absolute atomic E-state index is 0.0741. The number of nitrogens with zero attached hydrogens (tertiary/aromatic N) is 4. The van der Waals surface area contributed by atoms with Gasteiger partial charge in [0.2, 0.25) is 0 Å². The number of carbonyl (C=O) groups is 1. The summed E-state index contributed by atoms with van der Waals surface area (Å²) < 4.78 is 7.65. The van der Waals surface area contributed by atoms with E-state index in [0.717, 1.165) is 37.3 Å². The number of aromatic amines is 1. The number of amides is 1. The summed E-state index contributed by atoms with van der Waals surface area (Å²) in [6.45, 7) is 4.28. The summed E-state index contributed by atoms with van der Waals surface area (Å²) >= 11 is 0. The molecule has 2 aromatic rings. The number of hydrogen-bond acceptors (Lipinski definition) is 5. The number of H-pyrrole nitrogens is 1. The molecule has 4 aliphatic heterocycles. The van der Waals surface area contributed by atoms with Gasteiger partial charge in [0.1, 0.15) is 11.8 Å². The molecule has 0 spiro atoms. The van der Waals surface area contributed by atoms with Gasteiger partial charge in [-0.3, -0.25) is 14.5 Å². The van der Waals surface area contributed by atoms with Crippen molar-refractivity contribution in [2.45, 2.75) is 44.0 Å².